The highest BCUT2D eigenvalue weighted by molar-refractivity contribution is 5.43. The van der Waals surface area contributed by atoms with E-state index in [-0.39, 0.29) is 30.3 Å². The monoisotopic (exact) mass is 380 g/mol. The molecule has 144 valence electrons. The minimum absolute atomic E-state index is 0.0378. The molecule has 1 aliphatic heterocycles. The van der Waals surface area contributed by atoms with Crippen LogP contribution in [0.15, 0.2) is 60.9 Å². The second-order valence-corrected chi connectivity index (χ2v) is 6.69. The lowest BCUT2D eigenvalue weighted by molar-refractivity contribution is -0.384. The van der Waals surface area contributed by atoms with E-state index in [1.54, 1.807) is 25.4 Å². The third-order valence-electron chi connectivity index (χ3n) is 5.22. The van der Waals surface area contributed by atoms with Gasteiger partial charge in [0.25, 0.3) is 5.69 Å². The van der Waals surface area contributed by atoms with Gasteiger partial charge in [-0.25, -0.2) is 4.98 Å². The zero-order valence-corrected chi connectivity index (χ0v) is 15.2. The fraction of sp³-hybridized carbons (Fsp3) is 0.250. The van der Waals surface area contributed by atoms with Crippen LogP contribution >= 0.6 is 0 Å². The number of ether oxygens (including phenoxy) is 1. The van der Waals surface area contributed by atoms with Crippen LogP contribution in [0, 0.1) is 16.0 Å². The van der Waals surface area contributed by atoms with Gasteiger partial charge in [0.15, 0.2) is 0 Å². The van der Waals surface area contributed by atoms with Gasteiger partial charge in [-0.3, -0.25) is 10.1 Å². The van der Waals surface area contributed by atoms with Gasteiger partial charge >= 0.3 is 0 Å². The number of hydrogen-bond acceptors (Lipinski definition) is 6. The summed E-state index contributed by atoms with van der Waals surface area (Å²) in [6, 6.07) is 13.8. The van der Waals surface area contributed by atoms with Gasteiger partial charge in [-0.2, -0.15) is 0 Å². The standard InChI is InChI=1S/C20H20N4O4/c1-28-16-8-4-13(5-9-16)18-17(12-25)19(23-11-10-21-20(23)22-18)14-2-6-15(7-3-14)24(26)27/h2-11,17-19,25H,12H2,1H3,(H,21,22)/t17-,18-,19+/m0/s1. The Morgan fingerprint density at radius 1 is 1.18 bits per heavy atom. The molecule has 2 heterocycles. The molecule has 4 rings (SSSR count). The maximum atomic E-state index is 11.0. The van der Waals surface area contributed by atoms with Crippen LogP contribution in [0.4, 0.5) is 11.6 Å². The van der Waals surface area contributed by atoms with E-state index in [9.17, 15) is 15.2 Å². The summed E-state index contributed by atoms with van der Waals surface area (Å²) in [5.41, 5.74) is 1.92. The number of hydrogen-bond donors (Lipinski definition) is 2. The van der Waals surface area contributed by atoms with Gasteiger partial charge < -0.3 is 19.7 Å². The van der Waals surface area contributed by atoms with Crippen molar-refractivity contribution in [1.29, 1.82) is 0 Å². The van der Waals surface area contributed by atoms with Crippen molar-refractivity contribution in [3.63, 3.8) is 0 Å². The summed E-state index contributed by atoms with van der Waals surface area (Å²) >= 11 is 0. The highest BCUT2D eigenvalue weighted by Crippen LogP contribution is 2.43. The molecule has 0 saturated carbocycles. The molecule has 3 atom stereocenters. The molecule has 0 saturated heterocycles. The van der Waals surface area contributed by atoms with Crippen LogP contribution in [-0.2, 0) is 0 Å². The fourth-order valence-corrected chi connectivity index (χ4v) is 3.83. The Morgan fingerprint density at radius 2 is 1.86 bits per heavy atom. The number of non-ortho nitro benzene ring substituents is 1. The number of rotatable bonds is 5. The number of nitro benzene ring substituents is 1. The lowest BCUT2D eigenvalue weighted by Crippen LogP contribution is -2.38. The number of nitrogens with zero attached hydrogens (tertiary/aromatic N) is 3. The van der Waals surface area contributed by atoms with Crippen LogP contribution < -0.4 is 10.1 Å². The predicted molar refractivity (Wildman–Crippen MR) is 103 cm³/mol. The largest absolute Gasteiger partial charge is 0.497 e. The van der Waals surface area contributed by atoms with Gasteiger partial charge in [-0.05, 0) is 23.3 Å². The molecule has 0 spiro atoms. The number of nitro groups is 1. The van der Waals surface area contributed by atoms with Crippen LogP contribution in [0.2, 0.25) is 0 Å². The maximum Gasteiger partial charge on any atom is 0.269 e. The molecule has 28 heavy (non-hydrogen) atoms. The Bertz CT molecular complexity index is 969. The average molecular weight is 380 g/mol. The minimum atomic E-state index is -0.418. The van der Waals surface area contributed by atoms with E-state index in [4.69, 9.17) is 4.74 Å². The van der Waals surface area contributed by atoms with Gasteiger partial charge in [0.05, 0.1) is 30.7 Å². The molecule has 0 bridgehead atoms. The van der Waals surface area contributed by atoms with E-state index in [1.807, 2.05) is 35.0 Å². The molecule has 2 aromatic carbocycles. The molecule has 0 amide bonds. The second-order valence-electron chi connectivity index (χ2n) is 6.69. The Kier molecular flexibility index (Phi) is 4.70. The summed E-state index contributed by atoms with van der Waals surface area (Å²) in [6.45, 7) is -0.0665. The highest BCUT2D eigenvalue weighted by atomic mass is 16.6. The smallest absolute Gasteiger partial charge is 0.269 e. The number of aromatic nitrogens is 2. The topological polar surface area (TPSA) is 102 Å². The Balaban J connectivity index is 1.76. The van der Waals surface area contributed by atoms with Gasteiger partial charge in [0.2, 0.25) is 5.95 Å². The molecule has 0 fully saturated rings. The molecule has 3 aromatic rings. The summed E-state index contributed by atoms with van der Waals surface area (Å²) in [5.74, 6) is 1.25. The van der Waals surface area contributed by atoms with E-state index in [0.717, 1.165) is 16.9 Å². The first-order chi connectivity index (χ1) is 13.6. The summed E-state index contributed by atoms with van der Waals surface area (Å²) in [5, 5.41) is 24.6. The molecule has 0 aliphatic carbocycles. The third-order valence-corrected chi connectivity index (χ3v) is 5.22. The van der Waals surface area contributed by atoms with Gasteiger partial charge in [-0.15, -0.1) is 0 Å². The lowest BCUT2D eigenvalue weighted by atomic mass is 9.82. The van der Waals surface area contributed by atoms with E-state index in [1.165, 1.54) is 12.1 Å². The number of anilines is 1. The molecular formula is C20H20N4O4. The van der Waals surface area contributed by atoms with Crippen molar-refractivity contribution < 1.29 is 14.8 Å². The van der Waals surface area contributed by atoms with Crippen molar-refractivity contribution in [3.05, 3.63) is 82.2 Å². The van der Waals surface area contributed by atoms with Crippen molar-refractivity contribution in [2.45, 2.75) is 12.1 Å². The summed E-state index contributed by atoms with van der Waals surface area (Å²) in [7, 11) is 1.62. The summed E-state index contributed by atoms with van der Waals surface area (Å²) in [6.07, 6.45) is 3.55. The van der Waals surface area contributed by atoms with Gasteiger partial charge in [-0.1, -0.05) is 24.3 Å². The molecule has 0 unspecified atom stereocenters. The molecule has 0 radical (unpaired) electrons. The van der Waals surface area contributed by atoms with E-state index < -0.39 is 4.92 Å². The number of nitrogens with one attached hydrogen (secondary N) is 1. The second kappa shape index (κ2) is 7.32. The van der Waals surface area contributed by atoms with E-state index in [0.29, 0.717) is 5.95 Å². The SMILES string of the molecule is COc1ccc([C@@H]2Nc3nccn3[C@H](c3ccc([N+](=O)[O-])cc3)[C@H]2CO)cc1. The number of fused-ring (bicyclic) bond motifs is 1. The molecule has 8 nitrogen and oxygen atoms in total. The molecule has 8 heteroatoms. The highest BCUT2D eigenvalue weighted by Gasteiger charge is 2.38. The Morgan fingerprint density at radius 3 is 2.46 bits per heavy atom. The van der Waals surface area contributed by atoms with E-state index in [2.05, 4.69) is 10.3 Å². The zero-order valence-electron chi connectivity index (χ0n) is 15.2. The zero-order chi connectivity index (χ0) is 19.7. The van der Waals surface area contributed by atoms with Crippen LogP contribution in [0.1, 0.15) is 23.2 Å². The first-order valence-corrected chi connectivity index (χ1v) is 8.91. The van der Waals surface area contributed by atoms with Crippen LogP contribution in [0.25, 0.3) is 0 Å². The first-order valence-electron chi connectivity index (χ1n) is 8.91. The predicted octanol–water partition coefficient (Wildman–Crippen LogP) is 3.16. The van der Waals surface area contributed by atoms with Crippen molar-refractivity contribution >= 4 is 11.6 Å². The van der Waals surface area contributed by atoms with Crippen molar-refractivity contribution in [3.8, 4) is 5.75 Å². The van der Waals surface area contributed by atoms with Crippen LogP contribution in [0.5, 0.6) is 5.75 Å². The van der Waals surface area contributed by atoms with E-state index >= 15 is 0 Å². The van der Waals surface area contributed by atoms with Gasteiger partial charge in [0.1, 0.15) is 5.75 Å². The summed E-state index contributed by atoms with van der Waals surface area (Å²) < 4.78 is 7.19. The Hall–Kier alpha value is -3.39. The molecule has 1 aliphatic rings. The Labute approximate surface area is 161 Å². The maximum absolute atomic E-state index is 11.0. The molecule has 1 aromatic heterocycles. The quantitative estimate of drug-likeness (QED) is 0.521. The van der Waals surface area contributed by atoms with Crippen LogP contribution in [0.3, 0.4) is 0 Å². The molecular weight excluding hydrogens is 360 g/mol. The number of benzene rings is 2. The van der Waals surface area contributed by atoms with Crippen molar-refractivity contribution in [1.82, 2.24) is 9.55 Å². The minimum Gasteiger partial charge on any atom is -0.497 e. The fourth-order valence-electron chi connectivity index (χ4n) is 3.83. The number of aliphatic hydroxyl groups excluding tert-OH is 1. The number of imidazole rings is 1. The normalized spacial score (nSPS) is 20.9. The number of methoxy groups -OCH3 is 1. The summed E-state index contributed by atoms with van der Waals surface area (Å²) in [4.78, 5) is 15.0. The third kappa shape index (κ3) is 3.07. The number of aliphatic hydroxyl groups is 1. The molecule has 2 N–H and O–H groups in total. The van der Waals surface area contributed by atoms with Gasteiger partial charge in [0, 0.05) is 30.4 Å². The lowest BCUT2D eigenvalue weighted by Gasteiger charge is -2.40. The van der Waals surface area contributed by atoms with Crippen molar-refractivity contribution in [2.24, 2.45) is 5.92 Å². The first kappa shape index (κ1) is 18.0. The van der Waals surface area contributed by atoms with Crippen molar-refractivity contribution in [2.75, 3.05) is 19.0 Å². The van der Waals surface area contributed by atoms with Crippen LogP contribution in [-0.4, -0.2) is 33.3 Å². The average Bonchev–Trinajstić information content (AvgIpc) is 3.20.